The van der Waals surface area contributed by atoms with Crippen LogP contribution in [-0.4, -0.2) is 18.6 Å². The Balaban J connectivity index is 1.46. The van der Waals surface area contributed by atoms with Crippen molar-refractivity contribution < 1.29 is 0 Å². The molecule has 2 fully saturated rings. The fourth-order valence-corrected chi connectivity index (χ4v) is 3.98. The molecule has 0 spiro atoms. The Bertz CT molecular complexity index is 361. The number of nitrogens with one attached hydrogen (secondary N) is 2. The average Bonchev–Trinajstić information content (AvgIpc) is 2.96. The fraction of sp³-hybridized carbons (Fsp3) is 0.692. The average molecular weight is 236 g/mol. The number of aryl methyl sites for hydroxylation is 1. The Morgan fingerprint density at radius 3 is 3.00 bits per heavy atom. The molecule has 2 aliphatic rings. The Hall–Kier alpha value is -0.380. The summed E-state index contributed by atoms with van der Waals surface area (Å²) in [4.78, 5) is 0. The van der Waals surface area contributed by atoms with Gasteiger partial charge in [-0.15, -0.1) is 0 Å². The molecular formula is C13H20N2S. The van der Waals surface area contributed by atoms with Gasteiger partial charge in [-0.25, -0.2) is 0 Å². The zero-order valence-electron chi connectivity index (χ0n) is 9.83. The summed E-state index contributed by atoms with van der Waals surface area (Å²) in [5.41, 5.74) is 2.91. The lowest BCUT2D eigenvalue weighted by Gasteiger charge is -2.20. The Morgan fingerprint density at radius 1 is 1.44 bits per heavy atom. The number of hydrogen-bond acceptors (Lipinski definition) is 3. The Morgan fingerprint density at radius 2 is 2.38 bits per heavy atom. The van der Waals surface area contributed by atoms with Gasteiger partial charge in [0.1, 0.15) is 0 Å². The molecular weight excluding hydrogens is 216 g/mol. The molecule has 0 amide bonds. The highest BCUT2D eigenvalue weighted by molar-refractivity contribution is 7.08. The van der Waals surface area contributed by atoms with E-state index in [-0.39, 0.29) is 0 Å². The first kappa shape index (κ1) is 10.8. The van der Waals surface area contributed by atoms with Crippen LogP contribution in [-0.2, 0) is 6.54 Å². The second-order valence-electron chi connectivity index (χ2n) is 5.25. The van der Waals surface area contributed by atoms with Crippen molar-refractivity contribution in [2.45, 2.75) is 44.8 Å². The molecule has 3 rings (SSSR count). The van der Waals surface area contributed by atoms with E-state index in [1.54, 1.807) is 0 Å². The van der Waals surface area contributed by atoms with Crippen LogP contribution < -0.4 is 10.6 Å². The first-order chi connectivity index (χ1) is 7.83. The molecule has 0 radical (unpaired) electrons. The summed E-state index contributed by atoms with van der Waals surface area (Å²) in [5.74, 6) is 0.873. The predicted octanol–water partition coefficient (Wildman–Crippen LogP) is 2.29. The van der Waals surface area contributed by atoms with Gasteiger partial charge in [0.05, 0.1) is 0 Å². The summed E-state index contributed by atoms with van der Waals surface area (Å²) in [6.07, 6.45) is 4.19. The van der Waals surface area contributed by atoms with Gasteiger partial charge in [-0.05, 0) is 60.5 Å². The van der Waals surface area contributed by atoms with Gasteiger partial charge in [0.2, 0.25) is 0 Å². The van der Waals surface area contributed by atoms with Gasteiger partial charge in [-0.3, -0.25) is 0 Å². The van der Waals surface area contributed by atoms with Crippen LogP contribution in [0.4, 0.5) is 0 Å². The minimum Gasteiger partial charge on any atom is -0.312 e. The molecule has 3 atom stereocenters. The molecule has 2 saturated heterocycles. The molecule has 3 heterocycles. The molecule has 1 aromatic heterocycles. The second-order valence-corrected chi connectivity index (χ2v) is 6.00. The standard InChI is InChI=1S/C13H20N2S/c1-9-7-16-8-11(9)6-14-5-10-4-12-2-3-13(10)15-12/h7-8,10,12-15H,2-6H2,1H3. The maximum atomic E-state index is 3.69. The van der Waals surface area contributed by atoms with E-state index >= 15 is 0 Å². The highest BCUT2D eigenvalue weighted by atomic mass is 32.1. The van der Waals surface area contributed by atoms with Crippen molar-refractivity contribution >= 4 is 11.3 Å². The van der Waals surface area contributed by atoms with E-state index in [2.05, 4.69) is 28.3 Å². The SMILES string of the molecule is Cc1cscc1CNCC1CC2CCC1N2. The molecule has 3 unspecified atom stereocenters. The van der Waals surface area contributed by atoms with Gasteiger partial charge in [0, 0.05) is 18.6 Å². The van der Waals surface area contributed by atoms with Gasteiger partial charge in [0.25, 0.3) is 0 Å². The number of rotatable bonds is 4. The normalized spacial score (nSPS) is 32.4. The van der Waals surface area contributed by atoms with E-state index in [9.17, 15) is 0 Å². The lowest BCUT2D eigenvalue weighted by Crippen LogP contribution is -2.31. The molecule has 16 heavy (non-hydrogen) atoms. The first-order valence-electron chi connectivity index (χ1n) is 6.31. The molecule has 3 heteroatoms. The summed E-state index contributed by atoms with van der Waals surface area (Å²) in [5, 5.41) is 11.8. The summed E-state index contributed by atoms with van der Waals surface area (Å²) in [6.45, 7) is 4.43. The second kappa shape index (κ2) is 4.47. The minimum absolute atomic E-state index is 0.807. The van der Waals surface area contributed by atoms with Gasteiger partial charge in [0.15, 0.2) is 0 Å². The van der Waals surface area contributed by atoms with Gasteiger partial charge >= 0.3 is 0 Å². The molecule has 2 nitrogen and oxygen atoms in total. The number of thiophene rings is 1. The van der Waals surface area contributed by atoms with Crippen LogP contribution in [0.3, 0.4) is 0 Å². The lowest BCUT2D eigenvalue weighted by atomic mass is 9.89. The van der Waals surface area contributed by atoms with Crippen LogP contribution in [0.25, 0.3) is 0 Å². The molecule has 0 saturated carbocycles. The minimum atomic E-state index is 0.807. The van der Waals surface area contributed by atoms with Crippen LogP contribution in [0, 0.1) is 12.8 Å². The number of hydrogen-bond donors (Lipinski definition) is 2. The summed E-state index contributed by atoms with van der Waals surface area (Å²) in [6, 6.07) is 1.64. The van der Waals surface area contributed by atoms with Crippen molar-refractivity contribution in [2.75, 3.05) is 6.54 Å². The van der Waals surface area contributed by atoms with E-state index in [0.29, 0.717) is 0 Å². The first-order valence-corrected chi connectivity index (χ1v) is 7.25. The smallest absolute Gasteiger partial charge is 0.0216 e. The van der Waals surface area contributed by atoms with E-state index in [1.165, 1.54) is 36.9 Å². The molecule has 2 N–H and O–H groups in total. The van der Waals surface area contributed by atoms with Crippen LogP contribution in [0.5, 0.6) is 0 Å². The largest absolute Gasteiger partial charge is 0.312 e. The van der Waals surface area contributed by atoms with Crippen molar-refractivity contribution in [3.63, 3.8) is 0 Å². The van der Waals surface area contributed by atoms with E-state index in [0.717, 1.165) is 24.5 Å². The van der Waals surface area contributed by atoms with E-state index in [1.807, 2.05) is 11.3 Å². The molecule has 88 valence electrons. The molecule has 2 aliphatic heterocycles. The molecule has 0 aliphatic carbocycles. The maximum Gasteiger partial charge on any atom is 0.0216 e. The van der Waals surface area contributed by atoms with Crippen molar-refractivity contribution in [1.82, 2.24) is 10.6 Å². The van der Waals surface area contributed by atoms with Crippen LogP contribution in [0.2, 0.25) is 0 Å². The molecule has 2 bridgehead atoms. The summed E-state index contributed by atoms with van der Waals surface area (Å²) >= 11 is 1.81. The van der Waals surface area contributed by atoms with E-state index < -0.39 is 0 Å². The molecule has 1 aromatic rings. The quantitative estimate of drug-likeness (QED) is 0.838. The zero-order chi connectivity index (χ0) is 11.0. The predicted molar refractivity (Wildman–Crippen MR) is 68.8 cm³/mol. The third-order valence-electron chi connectivity index (χ3n) is 4.12. The summed E-state index contributed by atoms with van der Waals surface area (Å²) < 4.78 is 0. The topological polar surface area (TPSA) is 24.1 Å². The van der Waals surface area contributed by atoms with Crippen molar-refractivity contribution in [3.8, 4) is 0 Å². The van der Waals surface area contributed by atoms with Crippen LogP contribution in [0.1, 0.15) is 30.4 Å². The van der Waals surface area contributed by atoms with Crippen molar-refractivity contribution in [3.05, 3.63) is 21.9 Å². The van der Waals surface area contributed by atoms with E-state index in [4.69, 9.17) is 0 Å². The monoisotopic (exact) mass is 236 g/mol. The van der Waals surface area contributed by atoms with Crippen molar-refractivity contribution in [1.29, 1.82) is 0 Å². The van der Waals surface area contributed by atoms with Gasteiger partial charge < -0.3 is 10.6 Å². The lowest BCUT2D eigenvalue weighted by molar-refractivity contribution is 0.383. The Labute approximate surface area is 101 Å². The molecule has 0 aromatic carbocycles. The summed E-state index contributed by atoms with van der Waals surface area (Å²) in [7, 11) is 0. The number of fused-ring (bicyclic) bond motifs is 2. The van der Waals surface area contributed by atoms with Crippen molar-refractivity contribution in [2.24, 2.45) is 5.92 Å². The highest BCUT2D eigenvalue weighted by Gasteiger charge is 2.38. The highest BCUT2D eigenvalue weighted by Crippen LogP contribution is 2.32. The third kappa shape index (κ3) is 2.04. The third-order valence-corrected chi connectivity index (χ3v) is 5.03. The fourth-order valence-electron chi connectivity index (χ4n) is 3.12. The Kier molecular flexibility index (Phi) is 3.01. The van der Waals surface area contributed by atoms with Crippen LogP contribution >= 0.6 is 11.3 Å². The zero-order valence-corrected chi connectivity index (χ0v) is 10.6. The van der Waals surface area contributed by atoms with Gasteiger partial charge in [-0.1, -0.05) is 0 Å². The maximum absolute atomic E-state index is 3.69. The van der Waals surface area contributed by atoms with Gasteiger partial charge in [-0.2, -0.15) is 11.3 Å². The van der Waals surface area contributed by atoms with Crippen LogP contribution in [0.15, 0.2) is 10.8 Å².